The van der Waals surface area contributed by atoms with E-state index >= 15 is 0 Å². The van der Waals surface area contributed by atoms with Gasteiger partial charge in [-0.2, -0.15) is 13.2 Å². The molecule has 1 atom stereocenters. The minimum atomic E-state index is -4.93. The van der Waals surface area contributed by atoms with Crippen LogP contribution in [-0.2, 0) is 10.9 Å². The zero-order valence-corrected chi connectivity index (χ0v) is 16.9. The first-order chi connectivity index (χ1) is 13.2. The highest BCUT2D eigenvalue weighted by molar-refractivity contribution is 5.88. The van der Waals surface area contributed by atoms with E-state index in [0.29, 0.717) is 6.20 Å². The standard InChI is InChI=1S/C18H25F3N4O4/c1-10(2)12-9-24(16(28)29-17(3,4)5)6-7-25(12)15-22-8-11(14(26)27)13(23-15)18(19,20)21/h8,10,12H,6-7,9H2,1-5H3,(H,26,27). The second-order valence-electron chi connectivity index (χ2n) is 8.17. The second-order valence-corrected chi connectivity index (χ2v) is 8.17. The van der Waals surface area contributed by atoms with Crippen molar-refractivity contribution < 1.29 is 32.6 Å². The topological polar surface area (TPSA) is 95.9 Å². The molecular formula is C18H25F3N4O4. The Morgan fingerprint density at radius 2 is 1.86 bits per heavy atom. The second kappa shape index (κ2) is 8.03. The molecular weight excluding hydrogens is 393 g/mol. The van der Waals surface area contributed by atoms with Crippen LogP contribution in [0.1, 0.15) is 50.7 Å². The number of aromatic nitrogens is 2. The predicted octanol–water partition coefficient (Wildman–Crippen LogP) is 3.28. The number of hydrogen-bond donors (Lipinski definition) is 1. The molecule has 1 aliphatic heterocycles. The lowest BCUT2D eigenvalue weighted by molar-refractivity contribution is -0.141. The van der Waals surface area contributed by atoms with Crippen LogP contribution in [-0.4, -0.2) is 63.3 Å². The Kier molecular flexibility index (Phi) is 6.29. The molecule has 0 radical (unpaired) electrons. The summed E-state index contributed by atoms with van der Waals surface area (Å²) in [6.07, 6.45) is -4.76. The fourth-order valence-corrected chi connectivity index (χ4v) is 3.00. The average molecular weight is 418 g/mol. The zero-order chi connectivity index (χ0) is 22.1. The molecule has 162 valence electrons. The highest BCUT2D eigenvalue weighted by Gasteiger charge is 2.40. The summed E-state index contributed by atoms with van der Waals surface area (Å²) in [5.41, 5.74) is -3.17. The van der Waals surface area contributed by atoms with Crippen LogP contribution in [0, 0.1) is 5.92 Å². The van der Waals surface area contributed by atoms with Crippen LogP contribution in [0.5, 0.6) is 0 Å². The van der Waals surface area contributed by atoms with Gasteiger partial charge in [-0.25, -0.2) is 19.6 Å². The number of halogens is 3. The lowest BCUT2D eigenvalue weighted by Gasteiger charge is -2.43. The van der Waals surface area contributed by atoms with E-state index in [1.54, 1.807) is 25.7 Å². The molecule has 1 aromatic rings. The predicted molar refractivity (Wildman–Crippen MR) is 97.8 cm³/mol. The molecule has 2 heterocycles. The Morgan fingerprint density at radius 3 is 2.34 bits per heavy atom. The number of carboxylic acid groups (broad SMARTS) is 1. The van der Waals surface area contributed by atoms with E-state index < -0.39 is 35.1 Å². The lowest BCUT2D eigenvalue weighted by atomic mass is 10.00. The van der Waals surface area contributed by atoms with E-state index in [0.717, 1.165) is 0 Å². The Hall–Kier alpha value is -2.59. The molecule has 11 heteroatoms. The van der Waals surface area contributed by atoms with Crippen LogP contribution < -0.4 is 4.90 Å². The molecule has 0 aliphatic carbocycles. The maximum atomic E-state index is 13.3. The summed E-state index contributed by atoms with van der Waals surface area (Å²) in [5.74, 6) is -2.01. The van der Waals surface area contributed by atoms with Crippen molar-refractivity contribution in [1.29, 1.82) is 0 Å². The molecule has 0 bridgehead atoms. The highest BCUT2D eigenvalue weighted by atomic mass is 19.4. The maximum absolute atomic E-state index is 13.3. The summed E-state index contributed by atoms with van der Waals surface area (Å²) >= 11 is 0. The van der Waals surface area contributed by atoms with Gasteiger partial charge in [-0.05, 0) is 26.7 Å². The summed E-state index contributed by atoms with van der Waals surface area (Å²) in [7, 11) is 0. The van der Waals surface area contributed by atoms with Crippen molar-refractivity contribution in [2.75, 3.05) is 24.5 Å². The number of piperazine rings is 1. The number of rotatable bonds is 3. The molecule has 2 rings (SSSR count). The van der Waals surface area contributed by atoms with Gasteiger partial charge in [-0.1, -0.05) is 13.8 Å². The molecule has 1 aromatic heterocycles. The first kappa shape index (κ1) is 22.7. The molecule has 29 heavy (non-hydrogen) atoms. The van der Waals surface area contributed by atoms with Crippen molar-refractivity contribution in [2.24, 2.45) is 5.92 Å². The molecule has 1 N–H and O–H groups in total. The Balaban J connectivity index is 2.33. The monoisotopic (exact) mass is 418 g/mol. The van der Waals surface area contributed by atoms with Crippen LogP contribution >= 0.6 is 0 Å². The van der Waals surface area contributed by atoms with Crippen LogP contribution in [0.25, 0.3) is 0 Å². The van der Waals surface area contributed by atoms with Crippen LogP contribution in [0.2, 0.25) is 0 Å². The first-order valence-electron chi connectivity index (χ1n) is 9.13. The number of anilines is 1. The van der Waals surface area contributed by atoms with Gasteiger partial charge in [0.2, 0.25) is 5.95 Å². The van der Waals surface area contributed by atoms with Crippen LogP contribution in [0.4, 0.5) is 23.9 Å². The number of carbonyl (C=O) groups excluding carboxylic acids is 1. The molecule has 1 saturated heterocycles. The van der Waals surface area contributed by atoms with Crippen LogP contribution in [0.15, 0.2) is 6.20 Å². The van der Waals surface area contributed by atoms with E-state index in [-0.39, 0.29) is 37.5 Å². The number of nitrogens with zero attached hydrogens (tertiary/aromatic N) is 4. The normalized spacial score (nSPS) is 18.2. The smallest absolute Gasteiger partial charge is 0.434 e. The number of aromatic carboxylic acids is 1. The van der Waals surface area contributed by atoms with Crippen molar-refractivity contribution >= 4 is 18.0 Å². The number of carboxylic acids is 1. The number of alkyl halides is 3. The van der Waals surface area contributed by atoms with E-state index in [2.05, 4.69) is 9.97 Å². The molecule has 1 fully saturated rings. The molecule has 1 unspecified atom stereocenters. The molecule has 8 nitrogen and oxygen atoms in total. The van der Waals surface area contributed by atoms with Crippen molar-refractivity contribution in [3.63, 3.8) is 0 Å². The van der Waals surface area contributed by atoms with E-state index in [1.807, 2.05) is 13.8 Å². The molecule has 0 saturated carbocycles. The zero-order valence-electron chi connectivity index (χ0n) is 16.9. The third kappa shape index (κ3) is 5.48. The van der Waals surface area contributed by atoms with Crippen molar-refractivity contribution in [3.05, 3.63) is 17.5 Å². The summed E-state index contributed by atoms with van der Waals surface area (Å²) in [5, 5.41) is 9.01. The Bertz CT molecular complexity index is 777. The first-order valence-corrected chi connectivity index (χ1v) is 9.13. The minimum absolute atomic E-state index is 0.0441. The molecule has 0 aromatic carbocycles. The number of amides is 1. The number of carbonyl (C=O) groups is 2. The van der Waals surface area contributed by atoms with Gasteiger partial charge in [0.1, 0.15) is 11.2 Å². The summed E-state index contributed by atoms with van der Waals surface area (Å²) in [6.45, 7) is 9.60. The SMILES string of the molecule is CC(C)C1CN(C(=O)OC(C)(C)C)CCN1c1ncc(C(=O)O)c(C(F)(F)F)n1. The molecule has 1 amide bonds. The molecule has 1 aliphatic rings. The van der Waals surface area contributed by atoms with E-state index in [4.69, 9.17) is 9.84 Å². The van der Waals surface area contributed by atoms with Crippen LogP contribution in [0.3, 0.4) is 0 Å². The highest BCUT2D eigenvalue weighted by Crippen LogP contribution is 2.32. The Morgan fingerprint density at radius 1 is 1.24 bits per heavy atom. The van der Waals surface area contributed by atoms with Crippen molar-refractivity contribution in [1.82, 2.24) is 14.9 Å². The van der Waals surface area contributed by atoms with Crippen molar-refractivity contribution in [2.45, 2.75) is 52.4 Å². The van der Waals surface area contributed by atoms with Gasteiger partial charge in [0.25, 0.3) is 0 Å². The third-order valence-electron chi connectivity index (χ3n) is 4.37. The minimum Gasteiger partial charge on any atom is -0.478 e. The quantitative estimate of drug-likeness (QED) is 0.805. The van der Waals surface area contributed by atoms with Crippen molar-refractivity contribution in [3.8, 4) is 0 Å². The largest absolute Gasteiger partial charge is 0.478 e. The summed E-state index contributed by atoms with van der Waals surface area (Å²) in [6, 6.07) is -0.368. The lowest BCUT2D eigenvalue weighted by Crippen LogP contribution is -2.58. The van der Waals surface area contributed by atoms with E-state index in [9.17, 15) is 22.8 Å². The summed E-state index contributed by atoms with van der Waals surface area (Å²) < 4.78 is 45.3. The number of ether oxygens (including phenoxy) is 1. The van der Waals surface area contributed by atoms with Gasteiger partial charge in [-0.3, -0.25) is 0 Å². The fraction of sp³-hybridized carbons (Fsp3) is 0.667. The van der Waals surface area contributed by atoms with Gasteiger partial charge >= 0.3 is 18.2 Å². The van der Waals surface area contributed by atoms with Gasteiger partial charge < -0.3 is 19.6 Å². The van der Waals surface area contributed by atoms with Gasteiger partial charge in [0, 0.05) is 25.8 Å². The summed E-state index contributed by atoms with van der Waals surface area (Å²) in [4.78, 5) is 33.9. The average Bonchev–Trinajstić information content (AvgIpc) is 2.58. The van der Waals surface area contributed by atoms with Gasteiger partial charge in [-0.15, -0.1) is 0 Å². The third-order valence-corrected chi connectivity index (χ3v) is 4.37. The Labute approximate surface area is 166 Å². The van der Waals surface area contributed by atoms with Gasteiger partial charge in [0.15, 0.2) is 5.69 Å². The van der Waals surface area contributed by atoms with Gasteiger partial charge in [0.05, 0.1) is 6.04 Å². The fourth-order valence-electron chi connectivity index (χ4n) is 3.00. The molecule has 0 spiro atoms. The number of hydrogen-bond acceptors (Lipinski definition) is 6. The maximum Gasteiger partial charge on any atom is 0.434 e. The van der Waals surface area contributed by atoms with E-state index in [1.165, 1.54) is 4.90 Å².